The van der Waals surface area contributed by atoms with Crippen LogP contribution in [0.3, 0.4) is 0 Å². The highest BCUT2D eigenvalue weighted by Crippen LogP contribution is 2.51. The number of fused-ring (bicyclic) bond motifs is 1. The smallest absolute Gasteiger partial charge is 0.137 e. The summed E-state index contributed by atoms with van der Waals surface area (Å²) < 4.78 is 1.76. The number of rotatable bonds is 9. The summed E-state index contributed by atoms with van der Waals surface area (Å²) in [6.07, 6.45) is 18.4. The Kier molecular flexibility index (Phi) is 8.88. The summed E-state index contributed by atoms with van der Waals surface area (Å²) in [5.74, 6) is 2.92. The SMILES string of the molecule is CC(CCCC(C)(C)O)[C@@H]1CC[C@H]2/C(=C/C=C3C[C@@H](O)C(CCn4cncn4)[C@H](O)C3)CCC[C@@H]21. The zero-order valence-electron chi connectivity index (χ0n) is 22.0. The Bertz CT molecular complexity index is 843. The van der Waals surface area contributed by atoms with Crippen LogP contribution < -0.4 is 0 Å². The van der Waals surface area contributed by atoms with Gasteiger partial charge in [0, 0.05) is 12.5 Å². The van der Waals surface area contributed by atoms with Crippen LogP contribution in [0.4, 0.5) is 0 Å². The van der Waals surface area contributed by atoms with Crippen LogP contribution >= 0.6 is 0 Å². The maximum atomic E-state index is 10.8. The van der Waals surface area contributed by atoms with Crippen LogP contribution in [-0.2, 0) is 6.54 Å². The molecule has 3 aliphatic carbocycles. The van der Waals surface area contributed by atoms with E-state index in [1.807, 2.05) is 13.8 Å². The Morgan fingerprint density at radius 2 is 1.91 bits per heavy atom. The Balaban J connectivity index is 1.32. The van der Waals surface area contributed by atoms with Crippen LogP contribution in [0.5, 0.6) is 0 Å². The first-order chi connectivity index (χ1) is 16.7. The van der Waals surface area contributed by atoms with Gasteiger partial charge in [-0.2, -0.15) is 5.10 Å². The number of aliphatic hydroxyl groups excluding tert-OH is 2. The molecule has 1 heterocycles. The molecule has 4 rings (SSSR count). The number of allylic oxidation sites excluding steroid dienone is 3. The number of aliphatic hydroxyl groups is 3. The van der Waals surface area contributed by atoms with Crippen molar-refractivity contribution in [2.75, 3.05) is 0 Å². The average Bonchev–Trinajstić information content (AvgIpc) is 3.46. The molecule has 6 heteroatoms. The fourth-order valence-electron chi connectivity index (χ4n) is 7.24. The molecule has 3 aliphatic rings. The van der Waals surface area contributed by atoms with Gasteiger partial charge in [0.1, 0.15) is 12.7 Å². The molecule has 6 nitrogen and oxygen atoms in total. The largest absolute Gasteiger partial charge is 0.392 e. The number of aromatic nitrogens is 3. The first-order valence-corrected chi connectivity index (χ1v) is 14.0. The Morgan fingerprint density at radius 3 is 2.60 bits per heavy atom. The van der Waals surface area contributed by atoms with Gasteiger partial charge in [-0.05, 0) is 95.3 Å². The third-order valence-electron chi connectivity index (χ3n) is 9.16. The van der Waals surface area contributed by atoms with Crippen molar-refractivity contribution in [2.45, 2.75) is 116 Å². The van der Waals surface area contributed by atoms with E-state index in [2.05, 4.69) is 29.2 Å². The molecule has 0 spiro atoms. The molecule has 6 atom stereocenters. The average molecular weight is 486 g/mol. The van der Waals surface area contributed by atoms with E-state index in [9.17, 15) is 15.3 Å². The van der Waals surface area contributed by atoms with E-state index < -0.39 is 17.8 Å². The van der Waals surface area contributed by atoms with E-state index in [4.69, 9.17) is 0 Å². The van der Waals surface area contributed by atoms with E-state index in [0.717, 1.165) is 30.6 Å². The third kappa shape index (κ3) is 7.05. The molecule has 1 aromatic rings. The van der Waals surface area contributed by atoms with Crippen molar-refractivity contribution < 1.29 is 15.3 Å². The molecule has 3 N–H and O–H groups in total. The lowest BCUT2D eigenvalue weighted by molar-refractivity contribution is -0.0116. The summed E-state index contributed by atoms with van der Waals surface area (Å²) in [6.45, 7) is 6.93. The lowest BCUT2D eigenvalue weighted by Crippen LogP contribution is -2.37. The van der Waals surface area contributed by atoms with Gasteiger partial charge >= 0.3 is 0 Å². The van der Waals surface area contributed by atoms with Gasteiger partial charge in [0.15, 0.2) is 0 Å². The first-order valence-electron chi connectivity index (χ1n) is 14.0. The maximum Gasteiger partial charge on any atom is 0.137 e. The quantitative estimate of drug-likeness (QED) is 0.455. The molecule has 196 valence electrons. The zero-order chi connectivity index (χ0) is 25.0. The third-order valence-corrected chi connectivity index (χ3v) is 9.16. The van der Waals surface area contributed by atoms with E-state index in [-0.39, 0.29) is 5.92 Å². The van der Waals surface area contributed by atoms with Crippen LogP contribution in [0.25, 0.3) is 0 Å². The van der Waals surface area contributed by atoms with Gasteiger partial charge in [-0.1, -0.05) is 43.1 Å². The Morgan fingerprint density at radius 1 is 1.14 bits per heavy atom. The number of hydrogen-bond donors (Lipinski definition) is 3. The summed E-state index contributed by atoms with van der Waals surface area (Å²) in [5.41, 5.74) is 2.22. The minimum Gasteiger partial charge on any atom is -0.392 e. The summed E-state index contributed by atoms with van der Waals surface area (Å²) >= 11 is 0. The maximum absolute atomic E-state index is 10.8. The highest BCUT2D eigenvalue weighted by atomic mass is 16.3. The molecule has 3 saturated carbocycles. The van der Waals surface area contributed by atoms with Crippen LogP contribution in [0, 0.1) is 29.6 Å². The van der Waals surface area contributed by atoms with Crippen LogP contribution in [0.2, 0.25) is 0 Å². The lowest BCUT2D eigenvalue weighted by Gasteiger charge is -2.35. The van der Waals surface area contributed by atoms with Crippen molar-refractivity contribution in [3.8, 4) is 0 Å². The zero-order valence-corrected chi connectivity index (χ0v) is 22.0. The summed E-state index contributed by atoms with van der Waals surface area (Å²) in [5, 5.41) is 35.7. The van der Waals surface area contributed by atoms with Crippen LogP contribution in [0.1, 0.15) is 91.4 Å². The molecule has 0 aliphatic heterocycles. The van der Waals surface area contributed by atoms with Crippen molar-refractivity contribution in [3.05, 3.63) is 36.0 Å². The fourth-order valence-corrected chi connectivity index (χ4v) is 7.24. The molecule has 0 radical (unpaired) electrons. The molecule has 1 unspecified atom stereocenters. The van der Waals surface area contributed by atoms with Gasteiger partial charge < -0.3 is 15.3 Å². The van der Waals surface area contributed by atoms with Gasteiger partial charge in [0.05, 0.1) is 17.8 Å². The van der Waals surface area contributed by atoms with E-state index in [0.29, 0.717) is 31.7 Å². The predicted molar refractivity (Wildman–Crippen MR) is 138 cm³/mol. The van der Waals surface area contributed by atoms with E-state index in [1.165, 1.54) is 50.4 Å². The summed E-state index contributed by atoms with van der Waals surface area (Å²) in [6, 6.07) is 0. The lowest BCUT2D eigenvalue weighted by atomic mass is 9.71. The molecule has 0 saturated heterocycles. The van der Waals surface area contributed by atoms with Crippen molar-refractivity contribution in [1.29, 1.82) is 0 Å². The topological polar surface area (TPSA) is 91.4 Å². The second kappa shape index (κ2) is 11.7. The van der Waals surface area contributed by atoms with Gasteiger partial charge in [-0.3, -0.25) is 4.68 Å². The number of nitrogens with zero attached hydrogens (tertiary/aromatic N) is 3. The van der Waals surface area contributed by atoms with Crippen LogP contribution in [-0.4, -0.2) is 47.9 Å². The molecular weight excluding hydrogens is 438 g/mol. The van der Waals surface area contributed by atoms with Gasteiger partial charge in [-0.25, -0.2) is 4.98 Å². The molecule has 1 aromatic heterocycles. The molecule has 3 fully saturated rings. The minimum absolute atomic E-state index is 0.114. The van der Waals surface area contributed by atoms with Crippen molar-refractivity contribution >= 4 is 0 Å². The monoisotopic (exact) mass is 485 g/mol. The summed E-state index contributed by atoms with van der Waals surface area (Å²) in [7, 11) is 0. The number of hydrogen-bond acceptors (Lipinski definition) is 5. The Hall–Kier alpha value is -1.50. The highest BCUT2D eigenvalue weighted by Gasteiger charge is 2.41. The van der Waals surface area contributed by atoms with E-state index in [1.54, 1.807) is 16.6 Å². The van der Waals surface area contributed by atoms with Crippen molar-refractivity contribution in [1.82, 2.24) is 14.8 Å². The minimum atomic E-state index is -0.552. The van der Waals surface area contributed by atoms with Gasteiger partial charge in [0.2, 0.25) is 0 Å². The Labute approximate surface area is 211 Å². The normalized spacial score (nSPS) is 33.7. The predicted octanol–water partition coefficient (Wildman–Crippen LogP) is 5.06. The number of aryl methyl sites for hydroxylation is 1. The second-order valence-electron chi connectivity index (χ2n) is 12.3. The standard InChI is InChI=1S/C29H47N3O3/c1-20(6-5-14-29(2,3)35)23-11-12-24-22(7-4-8-25(23)24)10-9-21-16-27(33)26(28(34)17-21)13-15-32-19-30-18-31-32/h9-10,18-20,23-28,33-35H,4-8,11-17H2,1-3H3/b21-9?,22-10+/t20?,23-,24-,25+,26?,27+,28+/m0/s1. The first kappa shape index (κ1) is 26.6. The van der Waals surface area contributed by atoms with E-state index >= 15 is 0 Å². The molecule has 0 amide bonds. The highest BCUT2D eigenvalue weighted by molar-refractivity contribution is 5.25. The fraction of sp³-hybridized carbons (Fsp3) is 0.793. The second-order valence-corrected chi connectivity index (χ2v) is 12.3. The van der Waals surface area contributed by atoms with Crippen molar-refractivity contribution in [3.63, 3.8) is 0 Å². The van der Waals surface area contributed by atoms with Crippen LogP contribution in [0.15, 0.2) is 36.0 Å². The van der Waals surface area contributed by atoms with Crippen molar-refractivity contribution in [2.24, 2.45) is 29.6 Å². The molecular formula is C29H47N3O3. The van der Waals surface area contributed by atoms with Gasteiger partial charge in [-0.15, -0.1) is 0 Å². The molecule has 35 heavy (non-hydrogen) atoms. The summed E-state index contributed by atoms with van der Waals surface area (Å²) in [4.78, 5) is 3.97. The molecule has 0 bridgehead atoms. The molecule has 0 aromatic carbocycles. The van der Waals surface area contributed by atoms with Gasteiger partial charge in [0.25, 0.3) is 0 Å².